The average molecular weight is 381 g/mol. The van der Waals surface area contributed by atoms with Crippen LogP contribution in [-0.2, 0) is 13.8 Å². The van der Waals surface area contributed by atoms with Gasteiger partial charge in [0.2, 0.25) is 11.2 Å². The second-order valence-corrected chi connectivity index (χ2v) is 10.7. The Morgan fingerprint density at radius 2 is 1.86 bits per heavy atom. The number of nitrogens with zero attached hydrogens (tertiary/aromatic N) is 1. The summed E-state index contributed by atoms with van der Waals surface area (Å²) >= 11 is 16.6. The van der Waals surface area contributed by atoms with Crippen LogP contribution in [0.3, 0.4) is 0 Å². The Labute approximate surface area is 140 Å². The molecule has 1 saturated heterocycles. The predicted molar refractivity (Wildman–Crippen MR) is 86.0 cm³/mol. The minimum Gasteiger partial charge on any atom is -0.445 e. The van der Waals surface area contributed by atoms with Gasteiger partial charge < -0.3 is 14.2 Å². The molecule has 1 aliphatic heterocycles. The fourth-order valence-corrected chi connectivity index (χ4v) is 4.60. The monoisotopic (exact) mass is 379 g/mol. The molecular weight excluding hydrogens is 359 g/mol. The van der Waals surface area contributed by atoms with Gasteiger partial charge in [-0.25, -0.2) is 4.79 Å². The molecule has 1 fully saturated rings. The Balaban J connectivity index is 2.45. The molecule has 1 unspecified atom stereocenters. The van der Waals surface area contributed by atoms with Gasteiger partial charge in [0.1, 0.15) is 6.61 Å². The van der Waals surface area contributed by atoms with Crippen molar-refractivity contribution >= 4 is 48.3 Å². The molecule has 0 bridgehead atoms. The Hall–Kier alpha value is 0.330. The molecule has 0 aromatic rings. The van der Waals surface area contributed by atoms with Gasteiger partial charge in [-0.3, -0.25) is 4.57 Å². The van der Waals surface area contributed by atoms with Gasteiger partial charge in [0.25, 0.3) is 0 Å². The predicted octanol–water partition coefficient (Wildman–Crippen LogP) is 4.29. The first-order chi connectivity index (χ1) is 9.51. The minimum absolute atomic E-state index is 0.0304. The highest BCUT2D eigenvalue weighted by atomic mass is 35.6. The van der Waals surface area contributed by atoms with E-state index < -0.39 is 17.3 Å². The first-order valence-corrected chi connectivity index (χ1v) is 10.0. The van der Waals surface area contributed by atoms with Crippen molar-refractivity contribution < 1.29 is 18.6 Å². The van der Waals surface area contributed by atoms with Crippen molar-refractivity contribution in [2.24, 2.45) is 0 Å². The summed E-state index contributed by atoms with van der Waals surface area (Å²) in [6.45, 7) is 6.01. The molecule has 0 aromatic carbocycles. The Morgan fingerprint density at radius 1 is 1.33 bits per heavy atom. The van der Waals surface area contributed by atoms with Gasteiger partial charge in [-0.1, -0.05) is 34.8 Å². The molecule has 9 heteroatoms. The molecule has 1 rings (SSSR count). The third kappa shape index (κ3) is 6.96. The number of carbonyl (C=O) groups excluding carboxylic acids is 1. The van der Waals surface area contributed by atoms with Gasteiger partial charge in [-0.05, 0) is 26.7 Å². The van der Waals surface area contributed by atoms with Crippen molar-refractivity contribution in [2.75, 3.05) is 26.4 Å². The van der Waals surface area contributed by atoms with Crippen LogP contribution in [0.4, 0.5) is 4.79 Å². The summed E-state index contributed by atoms with van der Waals surface area (Å²) in [6.07, 6.45) is 0.635. The zero-order valence-corrected chi connectivity index (χ0v) is 15.5. The summed E-state index contributed by atoms with van der Waals surface area (Å²) in [4.78, 5) is 13.3. The SMILES string of the molecule is CC(C)OP(C)(=O)C1CCN(C(=O)OCC(Cl)(Cl)Cl)CC1. The number of carbonyl (C=O) groups is 1. The highest BCUT2D eigenvalue weighted by Gasteiger charge is 2.35. The molecule has 1 aliphatic rings. The van der Waals surface area contributed by atoms with E-state index in [0.717, 1.165) is 0 Å². The van der Waals surface area contributed by atoms with E-state index in [1.54, 1.807) is 6.66 Å². The second-order valence-electron chi connectivity index (χ2n) is 5.45. The van der Waals surface area contributed by atoms with Gasteiger partial charge in [0.15, 0.2) is 0 Å². The molecule has 0 aromatic heterocycles. The lowest BCUT2D eigenvalue weighted by Gasteiger charge is -2.34. The summed E-state index contributed by atoms with van der Waals surface area (Å²) < 4.78 is 21.3. The van der Waals surface area contributed by atoms with Crippen molar-refractivity contribution in [3.63, 3.8) is 0 Å². The van der Waals surface area contributed by atoms with Crippen molar-refractivity contribution in [3.05, 3.63) is 0 Å². The number of hydrogen-bond acceptors (Lipinski definition) is 4. The largest absolute Gasteiger partial charge is 0.445 e. The standard InChI is InChI=1S/C12H21Cl3NO4P/c1-9(2)20-21(3,18)10-4-6-16(7-5-10)11(17)19-8-12(13,14)15/h9-10H,4-8H2,1-3H3. The maximum atomic E-state index is 12.5. The number of piperidine rings is 1. The molecule has 124 valence electrons. The number of rotatable bonds is 4. The normalized spacial score (nSPS) is 20.4. The van der Waals surface area contributed by atoms with Crippen molar-refractivity contribution in [1.29, 1.82) is 0 Å². The fraction of sp³-hybridized carbons (Fsp3) is 0.917. The first-order valence-electron chi connectivity index (χ1n) is 6.75. The van der Waals surface area contributed by atoms with Crippen LogP contribution < -0.4 is 0 Å². The first kappa shape index (κ1) is 19.4. The fourth-order valence-electron chi connectivity index (χ4n) is 2.26. The number of likely N-dealkylation sites (tertiary alicyclic amines) is 1. The third-order valence-corrected chi connectivity index (χ3v) is 6.18. The van der Waals surface area contributed by atoms with Crippen LogP contribution in [-0.4, -0.2) is 52.9 Å². The van der Waals surface area contributed by atoms with Gasteiger partial charge in [-0.2, -0.15) is 0 Å². The molecule has 0 spiro atoms. The minimum atomic E-state index is -2.66. The average Bonchev–Trinajstić information content (AvgIpc) is 2.33. The van der Waals surface area contributed by atoms with Crippen LogP contribution in [0.2, 0.25) is 0 Å². The van der Waals surface area contributed by atoms with Crippen LogP contribution in [0.5, 0.6) is 0 Å². The molecular formula is C12H21Cl3NO4P. The summed E-state index contributed by atoms with van der Waals surface area (Å²) in [7, 11) is -2.66. The van der Waals surface area contributed by atoms with Crippen LogP contribution in [0, 0.1) is 0 Å². The molecule has 0 N–H and O–H groups in total. The van der Waals surface area contributed by atoms with Crippen LogP contribution in [0.1, 0.15) is 26.7 Å². The van der Waals surface area contributed by atoms with Crippen molar-refractivity contribution in [3.8, 4) is 0 Å². The summed E-state index contributed by atoms with van der Waals surface area (Å²) in [5.41, 5.74) is -0.0304. The molecule has 1 atom stereocenters. The molecule has 0 aliphatic carbocycles. The van der Waals surface area contributed by atoms with E-state index in [9.17, 15) is 9.36 Å². The summed E-state index contributed by atoms with van der Waals surface area (Å²) in [6, 6.07) is 0. The van der Waals surface area contributed by atoms with Crippen LogP contribution >= 0.6 is 42.2 Å². The summed E-state index contributed by atoms with van der Waals surface area (Å²) in [5, 5.41) is 0. The summed E-state index contributed by atoms with van der Waals surface area (Å²) in [5.74, 6) is 0. The van der Waals surface area contributed by atoms with E-state index >= 15 is 0 Å². The number of halogens is 3. The van der Waals surface area contributed by atoms with Crippen LogP contribution in [0.25, 0.3) is 0 Å². The molecule has 0 saturated carbocycles. The zero-order valence-electron chi connectivity index (χ0n) is 12.4. The highest BCUT2D eigenvalue weighted by Crippen LogP contribution is 2.52. The van der Waals surface area contributed by atoms with Gasteiger partial charge in [0.05, 0.1) is 6.10 Å². The molecule has 1 heterocycles. The molecule has 1 amide bonds. The Bertz CT molecular complexity index is 406. The van der Waals surface area contributed by atoms with Crippen LogP contribution in [0.15, 0.2) is 0 Å². The Kier molecular flexibility index (Phi) is 7.14. The van der Waals surface area contributed by atoms with Crippen molar-refractivity contribution in [2.45, 2.75) is 42.2 Å². The third-order valence-electron chi connectivity index (χ3n) is 3.17. The van der Waals surface area contributed by atoms with E-state index in [4.69, 9.17) is 44.1 Å². The van der Waals surface area contributed by atoms with Gasteiger partial charge in [0, 0.05) is 25.4 Å². The number of ether oxygens (including phenoxy) is 1. The molecule has 21 heavy (non-hydrogen) atoms. The topological polar surface area (TPSA) is 55.8 Å². The van der Waals surface area contributed by atoms with E-state index in [-0.39, 0.29) is 18.4 Å². The van der Waals surface area contributed by atoms with E-state index in [1.807, 2.05) is 13.8 Å². The van der Waals surface area contributed by atoms with E-state index in [2.05, 4.69) is 0 Å². The lowest BCUT2D eigenvalue weighted by molar-refractivity contribution is 0.0960. The maximum Gasteiger partial charge on any atom is 0.409 e. The maximum absolute atomic E-state index is 12.5. The Morgan fingerprint density at radius 3 is 2.29 bits per heavy atom. The van der Waals surface area contributed by atoms with E-state index in [0.29, 0.717) is 25.9 Å². The van der Waals surface area contributed by atoms with Gasteiger partial charge in [-0.15, -0.1) is 0 Å². The molecule has 5 nitrogen and oxygen atoms in total. The molecule has 0 radical (unpaired) electrons. The highest BCUT2D eigenvalue weighted by molar-refractivity contribution is 7.58. The number of hydrogen-bond donors (Lipinski definition) is 0. The van der Waals surface area contributed by atoms with Crippen molar-refractivity contribution in [1.82, 2.24) is 4.90 Å². The number of alkyl halides is 3. The zero-order chi connectivity index (χ0) is 16.3. The number of amides is 1. The lowest BCUT2D eigenvalue weighted by Crippen LogP contribution is -2.41. The van der Waals surface area contributed by atoms with E-state index in [1.165, 1.54) is 4.90 Å². The lowest BCUT2D eigenvalue weighted by atomic mass is 10.1. The smallest absolute Gasteiger partial charge is 0.409 e. The second kappa shape index (κ2) is 7.74. The quantitative estimate of drug-likeness (QED) is 0.539. The van der Waals surface area contributed by atoms with Gasteiger partial charge >= 0.3 is 6.09 Å².